The molecule has 4 atom stereocenters. The van der Waals surface area contributed by atoms with E-state index in [1.807, 2.05) is 13.8 Å². The summed E-state index contributed by atoms with van der Waals surface area (Å²) in [6, 6.07) is 0. The van der Waals surface area contributed by atoms with Crippen LogP contribution in [0.25, 0.3) is 0 Å². The van der Waals surface area contributed by atoms with Crippen molar-refractivity contribution < 1.29 is 0 Å². The summed E-state index contributed by atoms with van der Waals surface area (Å²) in [6.07, 6.45) is 10.8. The van der Waals surface area contributed by atoms with Crippen molar-refractivity contribution in [2.45, 2.75) is 34.1 Å². The van der Waals surface area contributed by atoms with Crippen LogP contribution in [0.15, 0.2) is 24.3 Å². The molecule has 0 heteroatoms. The van der Waals surface area contributed by atoms with Crippen LogP contribution in [0.5, 0.6) is 0 Å². The molecule has 13 heavy (non-hydrogen) atoms. The van der Waals surface area contributed by atoms with Crippen LogP contribution in [-0.2, 0) is 0 Å². The third-order valence-corrected chi connectivity index (χ3v) is 3.07. The van der Waals surface area contributed by atoms with Gasteiger partial charge in [-0.3, -0.25) is 0 Å². The summed E-state index contributed by atoms with van der Waals surface area (Å²) in [5, 5.41) is 0. The summed E-state index contributed by atoms with van der Waals surface area (Å²) >= 11 is 0. The molecule has 2 aliphatic rings. The Morgan fingerprint density at radius 2 is 1.62 bits per heavy atom. The third-order valence-electron chi connectivity index (χ3n) is 3.07. The molecule has 0 radical (unpaired) electrons. The highest BCUT2D eigenvalue weighted by molar-refractivity contribution is 5.15. The maximum absolute atomic E-state index is 2.41. The third kappa shape index (κ3) is 2.24. The Balaban J connectivity index is 0.000000396. The van der Waals surface area contributed by atoms with Crippen LogP contribution >= 0.6 is 0 Å². The van der Waals surface area contributed by atoms with Gasteiger partial charge in [-0.25, -0.2) is 0 Å². The van der Waals surface area contributed by atoms with Crippen LogP contribution in [0.4, 0.5) is 0 Å². The van der Waals surface area contributed by atoms with Gasteiger partial charge >= 0.3 is 0 Å². The molecule has 0 bridgehead atoms. The van der Waals surface area contributed by atoms with E-state index >= 15 is 0 Å². The second-order valence-electron chi connectivity index (χ2n) is 4.08. The Labute approximate surface area is 82.7 Å². The molecule has 0 aromatic rings. The lowest BCUT2D eigenvalue weighted by atomic mass is 9.74. The predicted molar refractivity (Wildman–Crippen MR) is 59.6 cm³/mol. The summed E-state index contributed by atoms with van der Waals surface area (Å²) in [5.74, 6) is 3.36. The molecular weight excluding hydrogens is 156 g/mol. The summed E-state index contributed by atoms with van der Waals surface area (Å²) in [5.41, 5.74) is 0. The van der Waals surface area contributed by atoms with Crippen molar-refractivity contribution in [3.8, 4) is 0 Å². The van der Waals surface area contributed by atoms with Crippen LogP contribution in [0.2, 0.25) is 0 Å². The fraction of sp³-hybridized carbons (Fsp3) is 0.692. The Hall–Kier alpha value is -0.520. The van der Waals surface area contributed by atoms with Crippen LogP contribution in [0.1, 0.15) is 34.1 Å². The van der Waals surface area contributed by atoms with Crippen molar-refractivity contribution in [1.29, 1.82) is 0 Å². The first-order chi connectivity index (χ1) is 6.27. The number of allylic oxidation sites excluding steroid dienone is 4. The van der Waals surface area contributed by atoms with Gasteiger partial charge in [0.2, 0.25) is 0 Å². The van der Waals surface area contributed by atoms with E-state index in [0.29, 0.717) is 0 Å². The Kier molecular flexibility index (Phi) is 3.77. The predicted octanol–water partition coefficient (Wildman–Crippen LogP) is 4.05. The number of rotatable bonds is 1. The Bertz CT molecular complexity index is 200. The lowest BCUT2D eigenvalue weighted by molar-refractivity contribution is 0.336. The average Bonchev–Trinajstić information content (AvgIpc) is 2.53. The van der Waals surface area contributed by atoms with E-state index < -0.39 is 0 Å². The van der Waals surface area contributed by atoms with Gasteiger partial charge in [-0.05, 0) is 30.1 Å². The van der Waals surface area contributed by atoms with Gasteiger partial charge in [0.15, 0.2) is 0 Å². The number of hydrogen-bond acceptors (Lipinski definition) is 0. The highest BCUT2D eigenvalue weighted by Gasteiger charge is 2.29. The van der Waals surface area contributed by atoms with Crippen molar-refractivity contribution in [3.63, 3.8) is 0 Å². The lowest BCUT2D eigenvalue weighted by Crippen LogP contribution is -2.22. The van der Waals surface area contributed by atoms with Gasteiger partial charge in [0.05, 0.1) is 0 Å². The molecule has 2 aliphatic carbocycles. The molecule has 0 saturated heterocycles. The van der Waals surface area contributed by atoms with Gasteiger partial charge in [0, 0.05) is 0 Å². The van der Waals surface area contributed by atoms with E-state index in [1.54, 1.807) is 0 Å². The molecule has 0 aromatic carbocycles. The molecular formula is C13H22. The van der Waals surface area contributed by atoms with Gasteiger partial charge < -0.3 is 0 Å². The van der Waals surface area contributed by atoms with Crippen molar-refractivity contribution >= 4 is 0 Å². The molecule has 4 unspecified atom stereocenters. The summed E-state index contributed by atoms with van der Waals surface area (Å²) in [6.45, 7) is 8.63. The van der Waals surface area contributed by atoms with Crippen LogP contribution in [-0.4, -0.2) is 0 Å². The van der Waals surface area contributed by atoms with Gasteiger partial charge in [-0.1, -0.05) is 52.0 Å². The molecule has 2 rings (SSSR count). The topological polar surface area (TPSA) is 0 Å². The maximum atomic E-state index is 2.41. The number of hydrogen-bond donors (Lipinski definition) is 0. The quantitative estimate of drug-likeness (QED) is 0.531. The van der Waals surface area contributed by atoms with Gasteiger partial charge in [-0.2, -0.15) is 0 Å². The minimum Gasteiger partial charge on any atom is -0.0854 e. The second kappa shape index (κ2) is 4.64. The minimum atomic E-state index is 0.821. The lowest BCUT2D eigenvalue weighted by Gasteiger charge is -2.31. The molecule has 0 aromatic heterocycles. The van der Waals surface area contributed by atoms with Gasteiger partial charge in [0.1, 0.15) is 0 Å². The summed E-state index contributed by atoms with van der Waals surface area (Å²) < 4.78 is 0. The molecule has 0 heterocycles. The molecule has 0 fully saturated rings. The van der Waals surface area contributed by atoms with Crippen LogP contribution in [0, 0.1) is 23.7 Å². The van der Waals surface area contributed by atoms with Crippen molar-refractivity contribution in [3.05, 3.63) is 24.3 Å². The average molecular weight is 178 g/mol. The van der Waals surface area contributed by atoms with Crippen LogP contribution < -0.4 is 0 Å². The van der Waals surface area contributed by atoms with E-state index in [4.69, 9.17) is 0 Å². The Morgan fingerprint density at radius 1 is 0.923 bits per heavy atom. The van der Waals surface area contributed by atoms with E-state index in [0.717, 1.165) is 23.7 Å². The monoisotopic (exact) mass is 178 g/mol. The van der Waals surface area contributed by atoms with Crippen LogP contribution in [0.3, 0.4) is 0 Å². The largest absolute Gasteiger partial charge is 0.0854 e. The fourth-order valence-corrected chi connectivity index (χ4v) is 2.20. The molecule has 0 amide bonds. The summed E-state index contributed by atoms with van der Waals surface area (Å²) in [7, 11) is 0. The van der Waals surface area contributed by atoms with Crippen molar-refractivity contribution in [2.75, 3.05) is 0 Å². The first kappa shape index (κ1) is 10.6. The smallest absolute Gasteiger partial charge is 0.0110 e. The standard InChI is InChI=1S/C11H16.C2H6/c1-8-3-5-10(7-8)11-6-4-9(11)2;1-2/h3-6,8-11H,7H2,1-2H3;1-2H3. The van der Waals surface area contributed by atoms with Crippen molar-refractivity contribution in [1.82, 2.24) is 0 Å². The normalized spacial score (nSPS) is 40.9. The van der Waals surface area contributed by atoms with E-state index in [2.05, 4.69) is 38.2 Å². The molecule has 0 nitrogen and oxygen atoms in total. The molecule has 0 N–H and O–H groups in total. The second-order valence-corrected chi connectivity index (χ2v) is 4.08. The zero-order valence-corrected chi connectivity index (χ0v) is 9.33. The summed E-state index contributed by atoms with van der Waals surface area (Å²) in [4.78, 5) is 0. The highest BCUT2D eigenvalue weighted by Crippen LogP contribution is 2.39. The zero-order valence-electron chi connectivity index (χ0n) is 9.33. The Morgan fingerprint density at radius 3 is 1.92 bits per heavy atom. The maximum Gasteiger partial charge on any atom is -0.0110 e. The molecule has 0 aliphatic heterocycles. The van der Waals surface area contributed by atoms with E-state index in [-0.39, 0.29) is 0 Å². The van der Waals surface area contributed by atoms with Gasteiger partial charge in [-0.15, -0.1) is 0 Å². The van der Waals surface area contributed by atoms with E-state index in [1.165, 1.54) is 6.42 Å². The minimum absolute atomic E-state index is 0.821. The highest BCUT2D eigenvalue weighted by atomic mass is 14.3. The molecule has 74 valence electrons. The molecule has 0 spiro atoms. The molecule has 0 saturated carbocycles. The zero-order chi connectivity index (χ0) is 9.84. The van der Waals surface area contributed by atoms with E-state index in [9.17, 15) is 0 Å². The van der Waals surface area contributed by atoms with Crippen molar-refractivity contribution in [2.24, 2.45) is 23.7 Å². The first-order valence-electron chi connectivity index (χ1n) is 5.64. The SMILES string of the molecule is CC.CC1C=CC(C2C=CC2C)C1. The first-order valence-corrected chi connectivity index (χ1v) is 5.64. The fourth-order valence-electron chi connectivity index (χ4n) is 2.20. The van der Waals surface area contributed by atoms with Gasteiger partial charge in [0.25, 0.3) is 0 Å².